The fraction of sp³-hybridized carbons (Fsp3) is 0.846. The summed E-state index contributed by atoms with van der Waals surface area (Å²) in [6.45, 7) is 5.39. The third kappa shape index (κ3) is 4.47. The maximum atomic E-state index is 12.1. The highest BCUT2D eigenvalue weighted by atomic mass is 16.2. The Morgan fingerprint density at radius 3 is 2.79 bits per heavy atom. The molecule has 108 valence electrons. The molecule has 2 fully saturated rings. The van der Waals surface area contributed by atoms with Crippen LogP contribution in [0.1, 0.15) is 19.8 Å². The van der Waals surface area contributed by atoms with E-state index in [1.807, 2.05) is 0 Å². The predicted octanol–water partition coefficient (Wildman–Crippen LogP) is -0.983. The van der Waals surface area contributed by atoms with Gasteiger partial charge in [0.1, 0.15) is 0 Å². The number of hydrogen-bond acceptors (Lipinski definition) is 4. The van der Waals surface area contributed by atoms with Crippen LogP contribution in [0.2, 0.25) is 0 Å². The van der Waals surface area contributed by atoms with Gasteiger partial charge in [-0.25, -0.2) is 0 Å². The van der Waals surface area contributed by atoms with E-state index in [4.69, 9.17) is 0 Å². The van der Waals surface area contributed by atoms with Crippen LogP contribution in [0.15, 0.2) is 0 Å². The molecule has 6 heteroatoms. The predicted molar refractivity (Wildman–Crippen MR) is 72.7 cm³/mol. The maximum Gasteiger partial charge on any atom is 0.239 e. The zero-order valence-electron chi connectivity index (χ0n) is 11.8. The van der Waals surface area contributed by atoms with E-state index in [-0.39, 0.29) is 18.4 Å². The summed E-state index contributed by atoms with van der Waals surface area (Å²) in [7, 11) is 1.70. The third-order valence-electron chi connectivity index (χ3n) is 3.73. The van der Waals surface area contributed by atoms with Crippen molar-refractivity contribution in [1.82, 2.24) is 20.4 Å². The van der Waals surface area contributed by atoms with E-state index >= 15 is 0 Å². The van der Waals surface area contributed by atoms with E-state index in [0.29, 0.717) is 18.6 Å². The largest absolute Gasteiger partial charge is 0.352 e. The van der Waals surface area contributed by atoms with Gasteiger partial charge in [-0.05, 0) is 19.8 Å². The average molecular weight is 268 g/mol. The van der Waals surface area contributed by atoms with Crippen LogP contribution in [0.4, 0.5) is 0 Å². The fourth-order valence-corrected chi connectivity index (χ4v) is 2.22. The Labute approximate surface area is 114 Å². The van der Waals surface area contributed by atoms with E-state index in [0.717, 1.165) is 32.5 Å². The van der Waals surface area contributed by atoms with Crippen LogP contribution in [0, 0.1) is 0 Å². The van der Waals surface area contributed by atoms with E-state index in [2.05, 4.69) is 22.5 Å². The number of nitrogens with one attached hydrogen (secondary N) is 2. The Kier molecular flexibility index (Phi) is 4.76. The van der Waals surface area contributed by atoms with Crippen LogP contribution in [-0.2, 0) is 9.59 Å². The first-order chi connectivity index (χ1) is 9.06. The molecule has 2 rings (SSSR count). The summed E-state index contributed by atoms with van der Waals surface area (Å²) in [5, 5.41) is 6.19. The molecule has 1 heterocycles. The van der Waals surface area contributed by atoms with Crippen molar-refractivity contribution < 1.29 is 9.59 Å². The lowest BCUT2D eigenvalue weighted by atomic mass is 10.2. The summed E-state index contributed by atoms with van der Waals surface area (Å²) >= 11 is 0. The van der Waals surface area contributed by atoms with Gasteiger partial charge in [0, 0.05) is 38.8 Å². The third-order valence-corrected chi connectivity index (χ3v) is 3.73. The van der Waals surface area contributed by atoms with E-state index in [1.165, 1.54) is 4.90 Å². The van der Waals surface area contributed by atoms with Gasteiger partial charge in [0.15, 0.2) is 0 Å². The molecule has 0 aromatic carbocycles. The number of amides is 2. The highest BCUT2D eigenvalue weighted by molar-refractivity contribution is 5.85. The minimum absolute atomic E-state index is 0.0136. The van der Waals surface area contributed by atoms with Crippen LogP contribution in [-0.4, -0.2) is 73.5 Å². The van der Waals surface area contributed by atoms with Crippen molar-refractivity contribution in [3.8, 4) is 0 Å². The number of hydrogen-bond donors (Lipinski definition) is 2. The molecule has 0 unspecified atom stereocenters. The lowest BCUT2D eigenvalue weighted by Gasteiger charge is -2.34. The van der Waals surface area contributed by atoms with Gasteiger partial charge in [-0.3, -0.25) is 14.5 Å². The summed E-state index contributed by atoms with van der Waals surface area (Å²) < 4.78 is 0. The average Bonchev–Trinajstić information content (AvgIpc) is 3.15. The molecule has 0 aromatic rings. The van der Waals surface area contributed by atoms with Gasteiger partial charge in [-0.15, -0.1) is 0 Å². The second kappa shape index (κ2) is 6.34. The molecule has 2 amide bonds. The summed E-state index contributed by atoms with van der Waals surface area (Å²) in [4.78, 5) is 27.4. The Hall–Kier alpha value is -1.14. The van der Waals surface area contributed by atoms with Gasteiger partial charge in [0.2, 0.25) is 11.8 Å². The van der Waals surface area contributed by atoms with Crippen molar-refractivity contribution in [1.29, 1.82) is 0 Å². The first-order valence-electron chi connectivity index (χ1n) is 7.04. The van der Waals surface area contributed by atoms with Crippen LogP contribution >= 0.6 is 0 Å². The summed E-state index contributed by atoms with van der Waals surface area (Å²) in [6.07, 6.45) is 2.14. The molecule has 6 nitrogen and oxygen atoms in total. The van der Waals surface area contributed by atoms with Crippen molar-refractivity contribution in [2.75, 3.05) is 39.8 Å². The van der Waals surface area contributed by atoms with Gasteiger partial charge in [-0.1, -0.05) is 0 Å². The standard InChI is InChI=1S/C13H24N4O2/c1-10-7-14-5-6-17(10)9-13(19)16(2)8-12(18)15-11-3-4-11/h10-11,14H,3-9H2,1-2H3,(H,15,18)/t10-/m0/s1. The van der Waals surface area contributed by atoms with Crippen LogP contribution < -0.4 is 10.6 Å². The minimum atomic E-state index is -0.0493. The molecular weight excluding hydrogens is 244 g/mol. The van der Waals surface area contributed by atoms with Gasteiger partial charge >= 0.3 is 0 Å². The Morgan fingerprint density at radius 1 is 1.42 bits per heavy atom. The molecule has 1 aliphatic heterocycles. The summed E-state index contributed by atoms with van der Waals surface area (Å²) in [5.74, 6) is -0.0357. The quantitative estimate of drug-likeness (QED) is 0.672. The molecule has 1 saturated carbocycles. The van der Waals surface area contributed by atoms with Crippen molar-refractivity contribution >= 4 is 11.8 Å². The van der Waals surface area contributed by atoms with E-state index < -0.39 is 0 Å². The van der Waals surface area contributed by atoms with Gasteiger partial charge in [0.25, 0.3) is 0 Å². The molecule has 2 N–H and O–H groups in total. The number of nitrogens with zero attached hydrogens (tertiary/aromatic N) is 2. The molecule has 0 aromatic heterocycles. The number of carbonyl (C=O) groups excluding carboxylic acids is 2. The summed E-state index contributed by atoms with van der Waals surface area (Å²) in [6, 6.07) is 0.718. The van der Waals surface area contributed by atoms with Gasteiger partial charge < -0.3 is 15.5 Å². The SMILES string of the molecule is C[C@H]1CNCCN1CC(=O)N(C)CC(=O)NC1CC1. The van der Waals surface area contributed by atoms with Crippen molar-refractivity contribution in [3.63, 3.8) is 0 Å². The first-order valence-corrected chi connectivity index (χ1v) is 7.04. The number of rotatable bonds is 5. The van der Waals surface area contributed by atoms with Crippen molar-refractivity contribution in [2.45, 2.75) is 31.8 Å². The molecule has 1 aliphatic carbocycles. The Morgan fingerprint density at radius 2 is 2.16 bits per heavy atom. The molecule has 0 bridgehead atoms. The number of likely N-dealkylation sites (N-methyl/N-ethyl adjacent to an activating group) is 1. The smallest absolute Gasteiger partial charge is 0.239 e. The zero-order valence-corrected chi connectivity index (χ0v) is 11.8. The van der Waals surface area contributed by atoms with Crippen LogP contribution in [0.5, 0.6) is 0 Å². The monoisotopic (exact) mass is 268 g/mol. The van der Waals surface area contributed by atoms with E-state index in [9.17, 15) is 9.59 Å². The topological polar surface area (TPSA) is 64.7 Å². The van der Waals surface area contributed by atoms with Crippen molar-refractivity contribution in [3.05, 3.63) is 0 Å². The Bertz CT molecular complexity index is 344. The highest BCUT2D eigenvalue weighted by Crippen LogP contribution is 2.18. The minimum Gasteiger partial charge on any atom is -0.352 e. The molecule has 2 aliphatic rings. The highest BCUT2D eigenvalue weighted by Gasteiger charge is 2.25. The first kappa shape index (κ1) is 14.3. The molecule has 1 atom stereocenters. The normalized spacial score (nSPS) is 24.0. The van der Waals surface area contributed by atoms with E-state index in [1.54, 1.807) is 7.05 Å². The maximum absolute atomic E-state index is 12.1. The molecular formula is C13H24N4O2. The molecule has 0 radical (unpaired) electrons. The van der Waals surface area contributed by atoms with Crippen LogP contribution in [0.3, 0.4) is 0 Å². The molecule has 0 spiro atoms. The second-order valence-electron chi connectivity index (χ2n) is 5.62. The lowest BCUT2D eigenvalue weighted by molar-refractivity contribution is -0.136. The zero-order chi connectivity index (χ0) is 13.8. The molecule has 19 heavy (non-hydrogen) atoms. The van der Waals surface area contributed by atoms with Crippen molar-refractivity contribution in [2.24, 2.45) is 0 Å². The number of piperazine rings is 1. The molecule has 1 saturated heterocycles. The Balaban J connectivity index is 1.72. The second-order valence-corrected chi connectivity index (χ2v) is 5.62. The summed E-state index contributed by atoms with van der Waals surface area (Å²) in [5.41, 5.74) is 0. The lowest BCUT2D eigenvalue weighted by Crippen LogP contribution is -2.53. The van der Waals surface area contributed by atoms with Crippen LogP contribution in [0.25, 0.3) is 0 Å². The van der Waals surface area contributed by atoms with Gasteiger partial charge in [0.05, 0.1) is 13.1 Å². The van der Waals surface area contributed by atoms with Gasteiger partial charge in [-0.2, -0.15) is 0 Å². The fourth-order valence-electron chi connectivity index (χ4n) is 2.22. The number of carbonyl (C=O) groups is 2.